The Morgan fingerprint density at radius 2 is 2.00 bits per heavy atom. The monoisotopic (exact) mass is 449 g/mol. The van der Waals surface area contributed by atoms with E-state index in [0.717, 1.165) is 54.8 Å². The van der Waals surface area contributed by atoms with Crippen molar-refractivity contribution in [1.29, 1.82) is 0 Å². The molecular formula is C27H35N3O3. The molecule has 1 N–H and O–H groups in total. The van der Waals surface area contributed by atoms with E-state index in [-0.39, 0.29) is 12.0 Å². The van der Waals surface area contributed by atoms with E-state index in [1.54, 1.807) is 0 Å². The predicted octanol–water partition coefficient (Wildman–Crippen LogP) is 4.86. The van der Waals surface area contributed by atoms with Crippen molar-refractivity contribution in [1.82, 2.24) is 14.9 Å². The molecule has 1 saturated heterocycles. The minimum absolute atomic E-state index is 0.00557. The largest absolute Gasteiger partial charge is 0.493 e. The average Bonchev–Trinajstić information content (AvgIpc) is 3.48. The van der Waals surface area contributed by atoms with E-state index in [4.69, 9.17) is 14.5 Å². The summed E-state index contributed by atoms with van der Waals surface area (Å²) < 4.78 is 13.9. The molecule has 0 bridgehead atoms. The first-order chi connectivity index (χ1) is 16.1. The fourth-order valence-corrected chi connectivity index (χ4v) is 4.40. The summed E-state index contributed by atoms with van der Waals surface area (Å²) in [6.45, 7) is 7.21. The topological polar surface area (TPSA) is 65.4 Å². The smallest absolute Gasteiger partial charge is 0.249 e. The van der Waals surface area contributed by atoms with Gasteiger partial charge in [0.15, 0.2) is 0 Å². The van der Waals surface area contributed by atoms with E-state index in [1.165, 1.54) is 5.56 Å². The van der Waals surface area contributed by atoms with Crippen LogP contribution in [0.1, 0.15) is 56.8 Å². The number of hydrogen-bond donors (Lipinski definition) is 1. The Morgan fingerprint density at radius 3 is 2.82 bits per heavy atom. The fourth-order valence-electron chi connectivity index (χ4n) is 4.40. The first kappa shape index (κ1) is 23.3. The summed E-state index contributed by atoms with van der Waals surface area (Å²) in [4.78, 5) is 17.1. The van der Waals surface area contributed by atoms with Crippen LogP contribution in [0, 0.1) is 0 Å². The summed E-state index contributed by atoms with van der Waals surface area (Å²) in [5, 5.41) is 3.02. The Morgan fingerprint density at radius 1 is 1.18 bits per heavy atom. The lowest BCUT2D eigenvalue weighted by molar-refractivity contribution is -0.130. The molecule has 1 aliphatic heterocycles. The van der Waals surface area contributed by atoms with Gasteiger partial charge in [-0.1, -0.05) is 44.2 Å². The predicted molar refractivity (Wildman–Crippen MR) is 131 cm³/mol. The van der Waals surface area contributed by atoms with Crippen LogP contribution in [-0.4, -0.2) is 41.3 Å². The van der Waals surface area contributed by atoms with Gasteiger partial charge in [0.1, 0.15) is 17.7 Å². The number of benzene rings is 2. The molecule has 1 amide bonds. The number of carbonyl (C=O) groups excluding carboxylic acids is 1. The molecule has 0 spiro atoms. The molecule has 0 radical (unpaired) electrons. The molecule has 3 aromatic rings. The number of carbonyl (C=O) groups is 1. The zero-order valence-electron chi connectivity index (χ0n) is 19.8. The molecule has 33 heavy (non-hydrogen) atoms. The second kappa shape index (κ2) is 11.3. The van der Waals surface area contributed by atoms with Gasteiger partial charge in [0.2, 0.25) is 5.91 Å². The van der Waals surface area contributed by atoms with Crippen LogP contribution in [0.25, 0.3) is 11.0 Å². The van der Waals surface area contributed by atoms with Gasteiger partial charge in [-0.2, -0.15) is 0 Å². The van der Waals surface area contributed by atoms with Gasteiger partial charge >= 0.3 is 0 Å². The number of unbranched alkanes of at least 4 members (excludes halogenated alkanes) is 1. The van der Waals surface area contributed by atoms with Crippen LogP contribution in [0.3, 0.4) is 0 Å². The molecule has 1 atom stereocenters. The van der Waals surface area contributed by atoms with Crippen LogP contribution in [0.15, 0.2) is 48.5 Å². The van der Waals surface area contributed by atoms with E-state index in [2.05, 4.69) is 54.1 Å². The number of nitrogens with one attached hydrogen (secondary N) is 1. The highest BCUT2D eigenvalue weighted by molar-refractivity contribution is 5.81. The van der Waals surface area contributed by atoms with Crippen LogP contribution in [0.4, 0.5) is 0 Å². The van der Waals surface area contributed by atoms with E-state index in [1.807, 2.05) is 18.2 Å². The third kappa shape index (κ3) is 5.93. The number of amides is 1. The van der Waals surface area contributed by atoms with Gasteiger partial charge < -0.3 is 19.4 Å². The average molecular weight is 450 g/mol. The van der Waals surface area contributed by atoms with Crippen molar-refractivity contribution < 1.29 is 14.3 Å². The summed E-state index contributed by atoms with van der Waals surface area (Å²) in [5.74, 6) is 2.44. The van der Waals surface area contributed by atoms with Crippen molar-refractivity contribution >= 4 is 16.9 Å². The second-order valence-corrected chi connectivity index (χ2v) is 8.96. The summed E-state index contributed by atoms with van der Waals surface area (Å²) in [6.07, 6.45) is 4.15. The lowest BCUT2D eigenvalue weighted by Gasteiger charge is -2.14. The lowest BCUT2D eigenvalue weighted by Crippen LogP contribution is -2.35. The number of aromatic nitrogens is 2. The summed E-state index contributed by atoms with van der Waals surface area (Å²) in [6, 6.07) is 16.5. The van der Waals surface area contributed by atoms with Crippen LogP contribution < -0.4 is 10.1 Å². The molecule has 4 rings (SSSR count). The number of nitrogens with zero attached hydrogens (tertiary/aromatic N) is 2. The Bertz CT molecular complexity index is 1050. The van der Waals surface area contributed by atoms with Gasteiger partial charge in [-0.15, -0.1) is 0 Å². The number of ether oxygens (including phenoxy) is 2. The lowest BCUT2D eigenvalue weighted by atomic mass is 10.0. The maximum Gasteiger partial charge on any atom is 0.249 e. The summed E-state index contributed by atoms with van der Waals surface area (Å²) >= 11 is 0. The van der Waals surface area contributed by atoms with Crippen LogP contribution in [-0.2, 0) is 22.5 Å². The minimum Gasteiger partial charge on any atom is -0.493 e. The Hall–Kier alpha value is -2.86. The fraction of sp³-hybridized carbons (Fsp3) is 0.481. The quantitative estimate of drug-likeness (QED) is 0.425. The van der Waals surface area contributed by atoms with Gasteiger partial charge in [0.25, 0.3) is 0 Å². The van der Waals surface area contributed by atoms with Gasteiger partial charge in [0.05, 0.1) is 17.6 Å². The first-order valence-corrected chi connectivity index (χ1v) is 12.2. The van der Waals surface area contributed by atoms with Gasteiger partial charge in [-0.3, -0.25) is 4.79 Å². The zero-order chi connectivity index (χ0) is 23.0. The van der Waals surface area contributed by atoms with Crippen molar-refractivity contribution in [2.24, 2.45) is 0 Å². The van der Waals surface area contributed by atoms with E-state index >= 15 is 0 Å². The highest BCUT2D eigenvalue weighted by Crippen LogP contribution is 2.26. The van der Waals surface area contributed by atoms with Gasteiger partial charge in [-0.05, 0) is 55.4 Å². The number of hydrogen-bond acceptors (Lipinski definition) is 4. The van der Waals surface area contributed by atoms with E-state index in [0.29, 0.717) is 32.1 Å². The minimum atomic E-state index is -0.287. The first-order valence-electron chi connectivity index (χ1n) is 12.2. The molecule has 2 aromatic carbocycles. The third-order valence-electron chi connectivity index (χ3n) is 6.18. The highest BCUT2D eigenvalue weighted by Gasteiger charge is 2.23. The zero-order valence-corrected chi connectivity index (χ0v) is 19.8. The maximum absolute atomic E-state index is 12.2. The molecule has 1 aliphatic rings. The maximum atomic E-state index is 12.2. The molecule has 0 aliphatic carbocycles. The molecule has 176 valence electrons. The van der Waals surface area contributed by atoms with Crippen LogP contribution in [0.2, 0.25) is 0 Å². The number of aryl methyl sites for hydroxylation is 1. The van der Waals surface area contributed by atoms with Crippen LogP contribution in [0.5, 0.6) is 5.75 Å². The van der Waals surface area contributed by atoms with E-state index in [9.17, 15) is 4.79 Å². The molecule has 1 fully saturated rings. The molecule has 2 heterocycles. The molecule has 6 nitrogen and oxygen atoms in total. The molecular weight excluding hydrogens is 414 g/mol. The van der Waals surface area contributed by atoms with Crippen LogP contribution >= 0.6 is 0 Å². The summed E-state index contributed by atoms with van der Waals surface area (Å²) in [5.41, 5.74) is 3.40. The Kier molecular flexibility index (Phi) is 8.00. The standard InChI is InChI=1S/C27H35N3O3/c1-20(2)21-10-3-6-13-24(21)32-18-8-7-17-30-23-12-5-4-11-22(23)29-26(30)15-16-28-27(31)25-14-9-19-33-25/h3-6,10-13,20,25H,7-9,14-19H2,1-2H3,(H,28,31). The number of imidazole rings is 1. The molecule has 0 saturated carbocycles. The Labute approximate surface area is 196 Å². The number of rotatable bonds is 11. The second-order valence-electron chi connectivity index (χ2n) is 8.96. The summed E-state index contributed by atoms with van der Waals surface area (Å²) in [7, 11) is 0. The van der Waals surface area contributed by atoms with Gasteiger partial charge in [-0.25, -0.2) is 4.98 Å². The van der Waals surface area contributed by atoms with Crippen molar-refractivity contribution in [3.8, 4) is 5.75 Å². The molecule has 6 heteroatoms. The normalized spacial score (nSPS) is 15.9. The van der Waals surface area contributed by atoms with Crippen molar-refractivity contribution in [3.63, 3.8) is 0 Å². The number of para-hydroxylation sites is 3. The SMILES string of the molecule is CC(C)c1ccccc1OCCCCn1c(CCNC(=O)C2CCCO2)nc2ccccc21. The third-order valence-corrected chi connectivity index (χ3v) is 6.18. The highest BCUT2D eigenvalue weighted by atomic mass is 16.5. The van der Waals surface area contributed by atoms with E-state index < -0.39 is 0 Å². The van der Waals surface area contributed by atoms with Crippen molar-refractivity contribution in [2.75, 3.05) is 19.8 Å². The molecule has 1 aromatic heterocycles. The van der Waals surface area contributed by atoms with Crippen molar-refractivity contribution in [2.45, 2.75) is 64.5 Å². The van der Waals surface area contributed by atoms with Crippen molar-refractivity contribution in [3.05, 3.63) is 59.9 Å². The number of fused-ring (bicyclic) bond motifs is 1. The molecule has 1 unspecified atom stereocenters. The van der Waals surface area contributed by atoms with Gasteiger partial charge in [0, 0.05) is 26.1 Å². The Balaban J connectivity index is 1.31.